The summed E-state index contributed by atoms with van der Waals surface area (Å²) in [5, 5.41) is 0. The van der Waals surface area contributed by atoms with Crippen LogP contribution in [0.1, 0.15) is 37.0 Å². The van der Waals surface area contributed by atoms with E-state index in [2.05, 4.69) is 0 Å². The highest BCUT2D eigenvalue weighted by Gasteiger charge is 2.07. The standard InChI is InChI=1S/C16H20O6/c1-3-20-16(19)11-22-14-8-6-13(7-9-14)15(18)5-4-10-21-12(2)17/h6-9H,3-5,10-11H2,1-2H3. The van der Waals surface area contributed by atoms with Gasteiger partial charge in [-0.15, -0.1) is 0 Å². The molecule has 0 radical (unpaired) electrons. The van der Waals surface area contributed by atoms with Gasteiger partial charge in [-0.25, -0.2) is 4.79 Å². The van der Waals surface area contributed by atoms with Gasteiger partial charge in [-0.1, -0.05) is 0 Å². The van der Waals surface area contributed by atoms with Gasteiger partial charge < -0.3 is 14.2 Å². The molecule has 0 aromatic heterocycles. The molecule has 6 heteroatoms. The minimum absolute atomic E-state index is 0.0379. The van der Waals surface area contributed by atoms with Gasteiger partial charge in [0, 0.05) is 18.9 Å². The molecule has 0 aliphatic rings. The summed E-state index contributed by atoms with van der Waals surface area (Å²) in [5.41, 5.74) is 0.548. The third kappa shape index (κ3) is 6.88. The highest BCUT2D eigenvalue weighted by molar-refractivity contribution is 5.96. The van der Waals surface area contributed by atoms with E-state index < -0.39 is 5.97 Å². The number of hydrogen-bond donors (Lipinski definition) is 0. The van der Waals surface area contributed by atoms with Gasteiger partial charge in [-0.3, -0.25) is 9.59 Å². The van der Waals surface area contributed by atoms with Crippen molar-refractivity contribution < 1.29 is 28.6 Å². The van der Waals surface area contributed by atoms with Crippen LogP contribution < -0.4 is 4.74 Å². The zero-order valence-electron chi connectivity index (χ0n) is 12.8. The quantitative estimate of drug-likeness (QED) is 0.395. The molecule has 0 bridgehead atoms. The van der Waals surface area contributed by atoms with Crippen LogP contribution in [0.15, 0.2) is 24.3 Å². The van der Waals surface area contributed by atoms with Crippen molar-refractivity contribution in [2.45, 2.75) is 26.7 Å². The molecule has 0 N–H and O–H groups in total. The van der Waals surface area contributed by atoms with E-state index in [1.165, 1.54) is 6.92 Å². The average Bonchev–Trinajstić information content (AvgIpc) is 2.50. The lowest BCUT2D eigenvalue weighted by Crippen LogP contribution is -2.14. The molecular formula is C16H20O6. The Morgan fingerprint density at radius 2 is 1.73 bits per heavy atom. The normalized spacial score (nSPS) is 9.91. The summed E-state index contributed by atoms with van der Waals surface area (Å²) >= 11 is 0. The Labute approximate surface area is 129 Å². The maximum Gasteiger partial charge on any atom is 0.344 e. The topological polar surface area (TPSA) is 78.9 Å². The minimum Gasteiger partial charge on any atom is -0.482 e. The summed E-state index contributed by atoms with van der Waals surface area (Å²) < 4.78 is 14.7. The Hall–Kier alpha value is -2.37. The van der Waals surface area contributed by atoms with Crippen LogP contribution >= 0.6 is 0 Å². The second-order valence-electron chi connectivity index (χ2n) is 4.48. The lowest BCUT2D eigenvalue weighted by molar-refractivity contribution is -0.145. The highest BCUT2D eigenvalue weighted by atomic mass is 16.6. The highest BCUT2D eigenvalue weighted by Crippen LogP contribution is 2.14. The molecule has 0 saturated carbocycles. The first-order valence-corrected chi connectivity index (χ1v) is 7.08. The second kappa shape index (κ2) is 9.55. The molecule has 0 heterocycles. The molecular weight excluding hydrogens is 288 g/mol. The van der Waals surface area contributed by atoms with Gasteiger partial charge in [-0.05, 0) is 37.6 Å². The number of ether oxygens (including phenoxy) is 3. The van der Waals surface area contributed by atoms with Crippen LogP contribution in [0.3, 0.4) is 0 Å². The number of Topliss-reactive ketones (excluding diaryl/α,β-unsaturated/α-hetero) is 1. The van der Waals surface area contributed by atoms with E-state index in [-0.39, 0.29) is 25.0 Å². The first kappa shape index (κ1) is 17.7. The van der Waals surface area contributed by atoms with E-state index in [1.54, 1.807) is 31.2 Å². The van der Waals surface area contributed by atoms with Gasteiger partial charge in [0.1, 0.15) is 5.75 Å². The van der Waals surface area contributed by atoms with Gasteiger partial charge >= 0.3 is 11.9 Å². The van der Waals surface area contributed by atoms with Crippen molar-refractivity contribution in [2.75, 3.05) is 19.8 Å². The molecule has 120 valence electrons. The number of esters is 2. The number of ketones is 1. The number of hydrogen-bond acceptors (Lipinski definition) is 6. The fraction of sp³-hybridized carbons (Fsp3) is 0.438. The molecule has 0 spiro atoms. The van der Waals surface area contributed by atoms with Crippen LogP contribution in [-0.4, -0.2) is 37.5 Å². The summed E-state index contributed by atoms with van der Waals surface area (Å²) in [6.07, 6.45) is 0.788. The summed E-state index contributed by atoms with van der Waals surface area (Å²) in [7, 11) is 0. The smallest absolute Gasteiger partial charge is 0.344 e. The predicted molar refractivity (Wildman–Crippen MR) is 78.8 cm³/mol. The molecule has 1 rings (SSSR count). The third-order valence-electron chi connectivity index (χ3n) is 2.69. The summed E-state index contributed by atoms with van der Waals surface area (Å²) in [6.45, 7) is 3.44. The van der Waals surface area contributed by atoms with Gasteiger partial charge in [0.05, 0.1) is 13.2 Å². The van der Waals surface area contributed by atoms with Crippen LogP contribution in [0.5, 0.6) is 5.75 Å². The molecule has 0 fully saturated rings. The number of benzene rings is 1. The number of carbonyl (C=O) groups excluding carboxylic acids is 3. The number of carbonyl (C=O) groups is 3. The molecule has 0 unspecified atom stereocenters. The summed E-state index contributed by atoms with van der Waals surface area (Å²) in [5.74, 6) is -0.336. The van der Waals surface area contributed by atoms with Gasteiger partial charge in [-0.2, -0.15) is 0 Å². The molecule has 0 saturated heterocycles. The maximum absolute atomic E-state index is 11.9. The van der Waals surface area contributed by atoms with E-state index in [0.29, 0.717) is 30.8 Å². The van der Waals surface area contributed by atoms with Crippen LogP contribution in [0.4, 0.5) is 0 Å². The van der Waals surface area contributed by atoms with E-state index in [1.807, 2.05) is 0 Å². The van der Waals surface area contributed by atoms with E-state index in [4.69, 9.17) is 14.2 Å². The Kier molecular flexibility index (Phi) is 7.67. The van der Waals surface area contributed by atoms with Gasteiger partial charge in [0.15, 0.2) is 12.4 Å². The molecule has 6 nitrogen and oxygen atoms in total. The minimum atomic E-state index is -0.437. The van der Waals surface area contributed by atoms with Crippen molar-refractivity contribution in [3.8, 4) is 5.75 Å². The molecule has 22 heavy (non-hydrogen) atoms. The van der Waals surface area contributed by atoms with Crippen LogP contribution in [0, 0.1) is 0 Å². The Balaban J connectivity index is 2.38. The fourth-order valence-corrected chi connectivity index (χ4v) is 1.67. The summed E-state index contributed by atoms with van der Waals surface area (Å²) in [4.78, 5) is 33.6. The van der Waals surface area contributed by atoms with Crippen molar-refractivity contribution in [3.63, 3.8) is 0 Å². The van der Waals surface area contributed by atoms with E-state index >= 15 is 0 Å². The fourth-order valence-electron chi connectivity index (χ4n) is 1.67. The molecule has 0 aliphatic heterocycles. The first-order chi connectivity index (χ1) is 10.5. The molecule has 0 aliphatic carbocycles. The molecule has 1 aromatic carbocycles. The van der Waals surface area contributed by atoms with Crippen LogP contribution in [-0.2, 0) is 19.1 Å². The zero-order valence-corrected chi connectivity index (χ0v) is 12.8. The van der Waals surface area contributed by atoms with Gasteiger partial charge in [0.2, 0.25) is 0 Å². The summed E-state index contributed by atoms with van der Waals surface area (Å²) in [6, 6.07) is 6.51. The lowest BCUT2D eigenvalue weighted by atomic mass is 10.1. The van der Waals surface area contributed by atoms with Crippen LogP contribution in [0.25, 0.3) is 0 Å². The molecule has 0 atom stereocenters. The Morgan fingerprint density at radius 3 is 2.32 bits per heavy atom. The average molecular weight is 308 g/mol. The van der Waals surface area contributed by atoms with Crippen molar-refractivity contribution in [3.05, 3.63) is 29.8 Å². The predicted octanol–water partition coefficient (Wildman–Crippen LogP) is 2.15. The molecule has 1 aromatic rings. The molecule has 0 amide bonds. The van der Waals surface area contributed by atoms with Crippen molar-refractivity contribution in [2.24, 2.45) is 0 Å². The first-order valence-electron chi connectivity index (χ1n) is 7.08. The zero-order chi connectivity index (χ0) is 16.4. The Morgan fingerprint density at radius 1 is 1.05 bits per heavy atom. The monoisotopic (exact) mass is 308 g/mol. The van der Waals surface area contributed by atoms with E-state index in [9.17, 15) is 14.4 Å². The largest absolute Gasteiger partial charge is 0.482 e. The number of rotatable bonds is 9. The third-order valence-corrected chi connectivity index (χ3v) is 2.69. The van der Waals surface area contributed by atoms with Crippen molar-refractivity contribution >= 4 is 17.7 Å². The van der Waals surface area contributed by atoms with Gasteiger partial charge in [0.25, 0.3) is 0 Å². The van der Waals surface area contributed by atoms with Crippen molar-refractivity contribution in [1.82, 2.24) is 0 Å². The second-order valence-corrected chi connectivity index (χ2v) is 4.48. The van der Waals surface area contributed by atoms with E-state index in [0.717, 1.165) is 0 Å². The lowest BCUT2D eigenvalue weighted by Gasteiger charge is -2.06. The Bertz CT molecular complexity index is 506. The maximum atomic E-state index is 11.9. The van der Waals surface area contributed by atoms with Crippen LogP contribution in [0.2, 0.25) is 0 Å². The SMILES string of the molecule is CCOC(=O)COc1ccc(C(=O)CCCOC(C)=O)cc1. The van der Waals surface area contributed by atoms with Crippen molar-refractivity contribution in [1.29, 1.82) is 0 Å².